The van der Waals surface area contributed by atoms with Crippen LogP contribution in [0.25, 0.3) is 0 Å². The quantitative estimate of drug-likeness (QED) is 0.646. The predicted molar refractivity (Wildman–Crippen MR) is 61.1 cm³/mol. The number of hydrogen-bond donors (Lipinski definition) is 1. The van der Waals surface area contributed by atoms with Crippen LogP contribution in [0.5, 0.6) is 0 Å². The lowest BCUT2D eigenvalue weighted by Crippen LogP contribution is -2.24. The van der Waals surface area contributed by atoms with Gasteiger partial charge in [-0.2, -0.15) is 0 Å². The summed E-state index contributed by atoms with van der Waals surface area (Å²) in [5, 5.41) is 0. The molecule has 2 aliphatic rings. The Morgan fingerprint density at radius 2 is 1.86 bits per heavy atom. The highest BCUT2D eigenvalue weighted by Gasteiger charge is 2.54. The van der Waals surface area contributed by atoms with Crippen molar-refractivity contribution in [3.05, 3.63) is 0 Å². The van der Waals surface area contributed by atoms with Gasteiger partial charge in [0, 0.05) is 6.04 Å². The maximum absolute atomic E-state index is 6.25. The van der Waals surface area contributed by atoms with Crippen LogP contribution >= 0.6 is 0 Å². The molecule has 0 radical (unpaired) electrons. The van der Waals surface area contributed by atoms with Gasteiger partial charge in [0.25, 0.3) is 0 Å². The molecule has 0 spiro atoms. The molecule has 0 aliphatic heterocycles. The van der Waals surface area contributed by atoms with Crippen molar-refractivity contribution < 1.29 is 0 Å². The first-order valence-corrected chi connectivity index (χ1v) is 6.60. The average Bonchev–Trinajstić information content (AvgIpc) is 2.67. The fourth-order valence-corrected chi connectivity index (χ4v) is 3.51. The van der Waals surface area contributed by atoms with E-state index in [9.17, 15) is 0 Å². The Morgan fingerprint density at radius 3 is 2.50 bits per heavy atom. The Hall–Kier alpha value is -0.0400. The fraction of sp³-hybridized carbons (Fsp3) is 1.00. The van der Waals surface area contributed by atoms with E-state index in [1.807, 2.05) is 0 Å². The van der Waals surface area contributed by atoms with Gasteiger partial charge in [0.2, 0.25) is 0 Å². The van der Waals surface area contributed by atoms with Gasteiger partial charge in [0.05, 0.1) is 0 Å². The van der Waals surface area contributed by atoms with Gasteiger partial charge in [-0.15, -0.1) is 0 Å². The lowest BCUT2D eigenvalue weighted by atomic mass is 9.99. The van der Waals surface area contributed by atoms with Crippen molar-refractivity contribution in [1.82, 2.24) is 0 Å². The summed E-state index contributed by atoms with van der Waals surface area (Å²) in [6.45, 7) is 2.27. The summed E-state index contributed by atoms with van der Waals surface area (Å²) in [6.07, 6.45) is 11.2. The zero-order chi connectivity index (χ0) is 9.97. The second kappa shape index (κ2) is 4.65. The molecule has 2 rings (SSSR count). The van der Waals surface area contributed by atoms with Gasteiger partial charge in [-0.25, -0.2) is 0 Å². The van der Waals surface area contributed by atoms with Crippen LogP contribution in [0.2, 0.25) is 0 Å². The van der Waals surface area contributed by atoms with E-state index in [1.54, 1.807) is 0 Å². The fourth-order valence-electron chi connectivity index (χ4n) is 3.51. The molecule has 0 heterocycles. The molecular formula is C13H25N. The van der Waals surface area contributed by atoms with Crippen LogP contribution in [0.1, 0.15) is 58.3 Å². The van der Waals surface area contributed by atoms with Gasteiger partial charge in [0.1, 0.15) is 0 Å². The number of nitrogens with two attached hydrogens (primary N) is 1. The van der Waals surface area contributed by atoms with Crippen LogP contribution < -0.4 is 5.73 Å². The number of fused-ring (bicyclic) bond motifs is 1. The summed E-state index contributed by atoms with van der Waals surface area (Å²) >= 11 is 0. The monoisotopic (exact) mass is 195 g/mol. The molecule has 0 saturated heterocycles. The lowest BCUT2D eigenvalue weighted by molar-refractivity contribution is 0.443. The van der Waals surface area contributed by atoms with E-state index < -0.39 is 0 Å². The number of unbranched alkanes of at least 4 members (excludes halogenated alkanes) is 3. The maximum atomic E-state index is 6.25. The summed E-state index contributed by atoms with van der Waals surface area (Å²) < 4.78 is 0. The zero-order valence-corrected chi connectivity index (χ0v) is 9.54. The van der Waals surface area contributed by atoms with E-state index in [0.717, 1.165) is 17.8 Å². The Kier molecular flexibility index (Phi) is 3.48. The van der Waals surface area contributed by atoms with Crippen molar-refractivity contribution in [2.24, 2.45) is 23.5 Å². The van der Waals surface area contributed by atoms with Gasteiger partial charge in [0.15, 0.2) is 0 Å². The van der Waals surface area contributed by atoms with Gasteiger partial charge in [-0.05, 0) is 37.0 Å². The molecular weight excluding hydrogens is 170 g/mol. The lowest BCUT2D eigenvalue weighted by Gasteiger charge is -2.13. The van der Waals surface area contributed by atoms with Gasteiger partial charge in [-0.1, -0.05) is 39.0 Å². The average molecular weight is 195 g/mol. The largest absolute Gasteiger partial charge is 0.327 e. The number of rotatable bonds is 6. The summed E-state index contributed by atoms with van der Waals surface area (Å²) in [5.41, 5.74) is 6.25. The van der Waals surface area contributed by atoms with Crippen molar-refractivity contribution in [2.75, 3.05) is 0 Å². The Bertz CT molecular complexity index is 168. The molecule has 3 unspecified atom stereocenters. The molecule has 0 amide bonds. The predicted octanol–water partition coefficient (Wildman–Crippen LogP) is 3.33. The third-order valence-electron chi connectivity index (χ3n) is 4.36. The molecule has 2 saturated carbocycles. The minimum absolute atomic E-state index is 0.544. The smallest absolute Gasteiger partial charge is 0.00726 e. The van der Waals surface area contributed by atoms with Crippen LogP contribution in [0, 0.1) is 17.8 Å². The first kappa shape index (κ1) is 10.5. The van der Waals surface area contributed by atoms with Crippen molar-refractivity contribution in [3.63, 3.8) is 0 Å². The van der Waals surface area contributed by atoms with E-state index in [-0.39, 0.29) is 0 Å². The van der Waals surface area contributed by atoms with Gasteiger partial charge >= 0.3 is 0 Å². The highest BCUT2D eigenvalue weighted by molar-refractivity contribution is 5.05. The molecule has 0 aromatic rings. The molecule has 82 valence electrons. The van der Waals surface area contributed by atoms with E-state index >= 15 is 0 Å². The first-order valence-electron chi connectivity index (χ1n) is 6.60. The van der Waals surface area contributed by atoms with E-state index in [1.165, 1.54) is 51.4 Å². The molecule has 14 heavy (non-hydrogen) atoms. The molecule has 0 aromatic heterocycles. The highest BCUT2D eigenvalue weighted by atomic mass is 14.7. The standard InChI is InChI=1S/C13H25N/c1-2-3-4-5-9-12(14)13-10-7-6-8-11(10)13/h10-13H,2-9,14H2,1H3. The second-order valence-corrected chi connectivity index (χ2v) is 5.35. The summed E-state index contributed by atoms with van der Waals surface area (Å²) in [6, 6.07) is 0.544. The molecule has 2 fully saturated rings. The third kappa shape index (κ3) is 2.13. The maximum Gasteiger partial charge on any atom is 0.00726 e. The van der Waals surface area contributed by atoms with Crippen molar-refractivity contribution in [2.45, 2.75) is 64.3 Å². The highest BCUT2D eigenvalue weighted by Crippen LogP contribution is 2.59. The minimum Gasteiger partial charge on any atom is -0.327 e. The summed E-state index contributed by atoms with van der Waals surface area (Å²) in [5.74, 6) is 3.04. The summed E-state index contributed by atoms with van der Waals surface area (Å²) in [4.78, 5) is 0. The van der Waals surface area contributed by atoms with Gasteiger partial charge in [-0.3, -0.25) is 0 Å². The van der Waals surface area contributed by atoms with Crippen LogP contribution in [0.4, 0.5) is 0 Å². The Labute approximate surface area is 88.4 Å². The topological polar surface area (TPSA) is 26.0 Å². The molecule has 2 N–H and O–H groups in total. The van der Waals surface area contributed by atoms with Crippen molar-refractivity contribution in [3.8, 4) is 0 Å². The number of hydrogen-bond acceptors (Lipinski definition) is 1. The van der Waals surface area contributed by atoms with Crippen LogP contribution in [-0.4, -0.2) is 6.04 Å². The van der Waals surface area contributed by atoms with E-state index in [0.29, 0.717) is 6.04 Å². The molecule has 1 nitrogen and oxygen atoms in total. The Morgan fingerprint density at radius 1 is 1.14 bits per heavy atom. The SMILES string of the molecule is CCCCCCC(N)C1C2CCCC21. The van der Waals surface area contributed by atoms with Crippen molar-refractivity contribution in [1.29, 1.82) is 0 Å². The summed E-state index contributed by atoms with van der Waals surface area (Å²) in [7, 11) is 0. The molecule has 2 aliphatic carbocycles. The van der Waals surface area contributed by atoms with Crippen LogP contribution in [0.3, 0.4) is 0 Å². The molecule has 0 aromatic carbocycles. The van der Waals surface area contributed by atoms with E-state index in [2.05, 4.69) is 6.92 Å². The molecule has 0 bridgehead atoms. The van der Waals surface area contributed by atoms with E-state index in [4.69, 9.17) is 5.73 Å². The normalized spacial score (nSPS) is 36.9. The van der Waals surface area contributed by atoms with Crippen LogP contribution in [-0.2, 0) is 0 Å². The molecule has 1 heteroatoms. The van der Waals surface area contributed by atoms with Gasteiger partial charge < -0.3 is 5.73 Å². The molecule has 3 atom stereocenters. The van der Waals surface area contributed by atoms with Crippen molar-refractivity contribution >= 4 is 0 Å². The Balaban J connectivity index is 1.58. The minimum atomic E-state index is 0.544. The first-order chi connectivity index (χ1) is 6.84. The zero-order valence-electron chi connectivity index (χ0n) is 9.54. The van der Waals surface area contributed by atoms with Crippen LogP contribution in [0.15, 0.2) is 0 Å². The second-order valence-electron chi connectivity index (χ2n) is 5.35. The third-order valence-corrected chi connectivity index (χ3v) is 4.36.